The van der Waals surface area contributed by atoms with Gasteiger partial charge in [-0.15, -0.1) is 0 Å². The lowest BCUT2D eigenvalue weighted by atomic mass is 10.0. The van der Waals surface area contributed by atoms with Gasteiger partial charge in [0.05, 0.1) is 0 Å². The topological polar surface area (TPSA) is 88.2 Å². The van der Waals surface area contributed by atoms with E-state index < -0.39 is 12.0 Å². The van der Waals surface area contributed by atoms with Crippen LogP contribution in [0, 0.1) is 12.8 Å². The van der Waals surface area contributed by atoms with Crippen LogP contribution in [0.4, 0.5) is 0 Å². The van der Waals surface area contributed by atoms with E-state index in [2.05, 4.69) is 15.5 Å². The van der Waals surface area contributed by atoms with Gasteiger partial charge < -0.3 is 14.9 Å². The van der Waals surface area contributed by atoms with Gasteiger partial charge in [-0.05, 0) is 5.92 Å². The molecule has 0 radical (unpaired) electrons. The number of nitrogens with one attached hydrogen (secondary N) is 1. The fourth-order valence-electron chi connectivity index (χ4n) is 1.39. The Morgan fingerprint density at radius 2 is 2.25 bits per heavy atom. The third kappa shape index (κ3) is 3.62. The summed E-state index contributed by atoms with van der Waals surface area (Å²) in [4.78, 5) is 14.9. The van der Waals surface area contributed by atoms with Crippen molar-refractivity contribution in [2.75, 3.05) is 6.54 Å². The van der Waals surface area contributed by atoms with Crippen LogP contribution < -0.4 is 5.32 Å². The van der Waals surface area contributed by atoms with E-state index in [1.165, 1.54) is 0 Å². The molecular weight excluding hydrogens is 210 g/mol. The molecule has 1 aromatic rings. The Labute approximate surface area is 94.0 Å². The minimum absolute atomic E-state index is 0.0458. The zero-order valence-corrected chi connectivity index (χ0v) is 9.73. The van der Waals surface area contributed by atoms with Crippen molar-refractivity contribution in [1.82, 2.24) is 15.5 Å². The van der Waals surface area contributed by atoms with Crippen molar-refractivity contribution < 1.29 is 14.4 Å². The van der Waals surface area contributed by atoms with Crippen LogP contribution in [-0.4, -0.2) is 33.8 Å². The van der Waals surface area contributed by atoms with E-state index in [0.29, 0.717) is 24.7 Å². The standard InChI is InChI=1S/C10H17N3O3/c1-6(2)9(10(14)15)11-5-4-8-12-7(3)16-13-8/h6,9,11H,4-5H2,1-3H3,(H,14,15). The quantitative estimate of drug-likeness (QED) is 0.740. The average molecular weight is 227 g/mol. The second-order valence-corrected chi connectivity index (χ2v) is 3.99. The minimum Gasteiger partial charge on any atom is -0.480 e. The fourth-order valence-corrected chi connectivity index (χ4v) is 1.39. The van der Waals surface area contributed by atoms with Gasteiger partial charge in [0.25, 0.3) is 0 Å². The summed E-state index contributed by atoms with van der Waals surface area (Å²) >= 11 is 0. The number of hydrogen-bond donors (Lipinski definition) is 2. The summed E-state index contributed by atoms with van der Waals surface area (Å²) in [6.45, 7) is 5.97. The van der Waals surface area contributed by atoms with Gasteiger partial charge in [0.2, 0.25) is 5.89 Å². The summed E-state index contributed by atoms with van der Waals surface area (Å²) in [7, 11) is 0. The highest BCUT2D eigenvalue weighted by Crippen LogP contribution is 2.02. The summed E-state index contributed by atoms with van der Waals surface area (Å²) in [6, 6.07) is -0.534. The number of carboxylic acids is 1. The number of aromatic nitrogens is 2. The van der Waals surface area contributed by atoms with Gasteiger partial charge >= 0.3 is 5.97 Å². The lowest BCUT2D eigenvalue weighted by Gasteiger charge is -2.17. The molecule has 0 amide bonds. The number of carbonyl (C=O) groups is 1. The van der Waals surface area contributed by atoms with Crippen molar-refractivity contribution in [1.29, 1.82) is 0 Å². The van der Waals surface area contributed by atoms with Crippen molar-refractivity contribution in [3.05, 3.63) is 11.7 Å². The van der Waals surface area contributed by atoms with E-state index >= 15 is 0 Å². The molecule has 1 atom stereocenters. The molecule has 0 aliphatic carbocycles. The molecule has 0 aliphatic heterocycles. The number of rotatable bonds is 6. The summed E-state index contributed by atoms with van der Waals surface area (Å²) in [5.41, 5.74) is 0. The van der Waals surface area contributed by atoms with E-state index in [4.69, 9.17) is 9.63 Å². The Morgan fingerprint density at radius 3 is 2.69 bits per heavy atom. The van der Waals surface area contributed by atoms with E-state index in [1.807, 2.05) is 13.8 Å². The van der Waals surface area contributed by atoms with Crippen molar-refractivity contribution in [2.24, 2.45) is 5.92 Å². The highest BCUT2D eigenvalue weighted by atomic mass is 16.5. The van der Waals surface area contributed by atoms with Crippen LogP contribution in [0.3, 0.4) is 0 Å². The van der Waals surface area contributed by atoms with Gasteiger partial charge in [0, 0.05) is 19.9 Å². The molecule has 2 N–H and O–H groups in total. The number of aryl methyl sites for hydroxylation is 1. The number of carboxylic acid groups (broad SMARTS) is 1. The highest BCUT2D eigenvalue weighted by molar-refractivity contribution is 5.73. The van der Waals surface area contributed by atoms with E-state index in [9.17, 15) is 4.79 Å². The van der Waals surface area contributed by atoms with Gasteiger partial charge in [-0.1, -0.05) is 19.0 Å². The Morgan fingerprint density at radius 1 is 1.56 bits per heavy atom. The largest absolute Gasteiger partial charge is 0.480 e. The Kier molecular flexibility index (Phi) is 4.42. The molecule has 0 saturated carbocycles. The molecule has 1 unspecified atom stereocenters. The molecule has 16 heavy (non-hydrogen) atoms. The highest BCUT2D eigenvalue weighted by Gasteiger charge is 2.20. The first-order chi connectivity index (χ1) is 7.50. The summed E-state index contributed by atoms with van der Waals surface area (Å²) in [5.74, 6) is 0.329. The predicted octanol–water partition coefficient (Wildman–Crippen LogP) is 0.619. The summed E-state index contributed by atoms with van der Waals surface area (Å²) in [6.07, 6.45) is 0.563. The van der Waals surface area contributed by atoms with Gasteiger partial charge in [-0.3, -0.25) is 4.79 Å². The molecule has 1 heterocycles. The maximum absolute atomic E-state index is 10.9. The maximum atomic E-state index is 10.9. The van der Waals surface area contributed by atoms with Gasteiger partial charge in [-0.25, -0.2) is 0 Å². The molecule has 6 heteroatoms. The Balaban J connectivity index is 2.36. The lowest BCUT2D eigenvalue weighted by Crippen LogP contribution is -2.41. The van der Waals surface area contributed by atoms with Crippen LogP contribution in [-0.2, 0) is 11.2 Å². The van der Waals surface area contributed by atoms with Crippen molar-refractivity contribution in [3.63, 3.8) is 0 Å². The number of nitrogens with zero attached hydrogens (tertiary/aromatic N) is 2. The molecule has 0 aliphatic rings. The minimum atomic E-state index is -0.834. The molecule has 1 rings (SSSR count). The summed E-state index contributed by atoms with van der Waals surface area (Å²) < 4.78 is 4.81. The third-order valence-electron chi connectivity index (χ3n) is 2.22. The third-order valence-corrected chi connectivity index (χ3v) is 2.22. The molecule has 0 bridgehead atoms. The second-order valence-electron chi connectivity index (χ2n) is 3.99. The van der Waals surface area contributed by atoms with Crippen LogP contribution in [0.25, 0.3) is 0 Å². The van der Waals surface area contributed by atoms with Gasteiger partial charge in [0.15, 0.2) is 5.82 Å². The first-order valence-corrected chi connectivity index (χ1v) is 5.26. The fraction of sp³-hybridized carbons (Fsp3) is 0.700. The van der Waals surface area contributed by atoms with E-state index in [1.54, 1.807) is 6.92 Å². The van der Waals surface area contributed by atoms with Crippen molar-refractivity contribution in [2.45, 2.75) is 33.2 Å². The van der Waals surface area contributed by atoms with Crippen LogP contribution in [0.5, 0.6) is 0 Å². The first-order valence-electron chi connectivity index (χ1n) is 5.26. The predicted molar refractivity (Wildman–Crippen MR) is 57.0 cm³/mol. The van der Waals surface area contributed by atoms with Crippen molar-refractivity contribution >= 4 is 5.97 Å². The monoisotopic (exact) mass is 227 g/mol. The first kappa shape index (κ1) is 12.6. The number of aliphatic carboxylic acids is 1. The smallest absolute Gasteiger partial charge is 0.320 e. The van der Waals surface area contributed by atoms with Crippen LogP contribution >= 0.6 is 0 Å². The zero-order valence-electron chi connectivity index (χ0n) is 9.73. The van der Waals surface area contributed by atoms with Crippen LogP contribution in [0.1, 0.15) is 25.6 Å². The second kappa shape index (κ2) is 5.60. The molecule has 0 saturated heterocycles. The maximum Gasteiger partial charge on any atom is 0.320 e. The zero-order chi connectivity index (χ0) is 12.1. The normalized spacial score (nSPS) is 13.0. The van der Waals surface area contributed by atoms with Gasteiger partial charge in [-0.2, -0.15) is 4.98 Å². The number of hydrogen-bond acceptors (Lipinski definition) is 5. The summed E-state index contributed by atoms with van der Waals surface area (Å²) in [5, 5.41) is 15.6. The molecule has 6 nitrogen and oxygen atoms in total. The van der Waals surface area contributed by atoms with Crippen molar-refractivity contribution in [3.8, 4) is 0 Å². The SMILES string of the molecule is Cc1nc(CCNC(C(=O)O)C(C)C)no1. The molecule has 90 valence electrons. The molecule has 0 aromatic carbocycles. The molecular formula is C10H17N3O3. The average Bonchev–Trinajstić information content (AvgIpc) is 2.57. The molecule has 0 spiro atoms. The van der Waals surface area contributed by atoms with E-state index in [0.717, 1.165) is 0 Å². The lowest BCUT2D eigenvalue weighted by molar-refractivity contribution is -0.140. The Hall–Kier alpha value is -1.43. The van der Waals surface area contributed by atoms with Crippen LogP contribution in [0.15, 0.2) is 4.52 Å². The molecule has 1 aromatic heterocycles. The van der Waals surface area contributed by atoms with Crippen LogP contribution in [0.2, 0.25) is 0 Å². The molecule has 0 fully saturated rings. The Bertz CT molecular complexity index is 349. The van der Waals surface area contributed by atoms with Gasteiger partial charge in [0.1, 0.15) is 6.04 Å². The van der Waals surface area contributed by atoms with E-state index in [-0.39, 0.29) is 5.92 Å².